The topological polar surface area (TPSA) is 61.4 Å². The average molecular weight is 142 g/mol. The Kier molecular flexibility index (Phi) is 1.11. The quantitative estimate of drug-likeness (QED) is 0.461. The molecular formula is C6H10N2O2. The van der Waals surface area contributed by atoms with Gasteiger partial charge < -0.3 is 15.7 Å². The molecular weight excluding hydrogens is 132 g/mol. The van der Waals surface area contributed by atoms with Crippen molar-refractivity contribution in [2.75, 3.05) is 13.1 Å². The monoisotopic (exact) mass is 142 g/mol. The highest BCUT2D eigenvalue weighted by Gasteiger charge is 2.53. The summed E-state index contributed by atoms with van der Waals surface area (Å²) < 4.78 is 0. The fraction of sp³-hybridized carbons (Fsp3) is 0.833. The Bertz CT molecular complexity index is 161. The van der Waals surface area contributed by atoms with Crippen molar-refractivity contribution in [1.82, 2.24) is 10.6 Å². The van der Waals surface area contributed by atoms with E-state index in [4.69, 9.17) is 5.11 Å². The summed E-state index contributed by atoms with van der Waals surface area (Å²) in [5, 5.41) is 14.0. The minimum absolute atomic E-state index is 0.249. The molecule has 0 aromatic carbocycles. The number of amides is 1. The summed E-state index contributed by atoms with van der Waals surface area (Å²) in [6.07, 6.45) is -0.889. The molecule has 1 amide bonds. The van der Waals surface area contributed by atoms with Crippen LogP contribution in [0.1, 0.15) is 0 Å². The number of carboxylic acid groups (broad SMARTS) is 1. The van der Waals surface area contributed by atoms with Crippen LogP contribution in [0.3, 0.4) is 0 Å². The second kappa shape index (κ2) is 1.85. The van der Waals surface area contributed by atoms with Crippen molar-refractivity contribution < 1.29 is 9.90 Å². The fourth-order valence-corrected chi connectivity index (χ4v) is 1.78. The third-order valence-electron chi connectivity index (χ3n) is 2.38. The van der Waals surface area contributed by atoms with Crippen LogP contribution in [0.15, 0.2) is 0 Å². The number of fused-ring (bicyclic) bond motifs is 1. The third kappa shape index (κ3) is 0.759. The van der Waals surface area contributed by atoms with Crippen LogP contribution in [0.4, 0.5) is 4.79 Å². The van der Waals surface area contributed by atoms with Crippen LogP contribution in [0.2, 0.25) is 0 Å². The molecule has 2 fully saturated rings. The Morgan fingerprint density at radius 2 is 2.10 bits per heavy atom. The fourth-order valence-electron chi connectivity index (χ4n) is 1.78. The molecule has 1 saturated carbocycles. The first-order chi connectivity index (χ1) is 4.79. The van der Waals surface area contributed by atoms with Crippen molar-refractivity contribution in [2.45, 2.75) is 6.04 Å². The number of rotatable bonds is 1. The molecule has 1 heterocycles. The van der Waals surface area contributed by atoms with E-state index in [2.05, 4.69) is 10.6 Å². The normalized spacial score (nSPS) is 42.6. The molecule has 0 unspecified atom stereocenters. The maximum absolute atomic E-state index is 10.1. The number of hydrogen-bond donors (Lipinski definition) is 3. The van der Waals surface area contributed by atoms with E-state index in [1.807, 2.05) is 0 Å². The van der Waals surface area contributed by atoms with Gasteiger partial charge in [0.05, 0.1) is 0 Å². The molecule has 0 aromatic heterocycles. The minimum Gasteiger partial charge on any atom is -0.465 e. The van der Waals surface area contributed by atoms with Crippen LogP contribution >= 0.6 is 0 Å². The summed E-state index contributed by atoms with van der Waals surface area (Å²) in [5.41, 5.74) is 0. The summed E-state index contributed by atoms with van der Waals surface area (Å²) in [6.45, 7) is 1.96. The van der Waals surface area contributed by atoms with E-state index in [-0.39, 0.29) is 6.04 Å². The molecule has 0 spiro atoms. The van der Waals surface area contributed by atoms with Crippen molar-refractivity contribution in [1.29, 1.82) is 0 Å². The lowest BCUT2D eigenvalue weighted by atomic mass is 10.4. The van der Waals surface area contributed by atoms with Crippen LogP contribution < -0.4 is 10.6 Å². The van der Waals surface area contributed by atoms with Gasteiger partial charge in [-0.15, -0.1) is 0 Å². The first-order valence-corrected chi connectivity index (χ1v) is 3.49. The molecule has 10 heavy (non-hydrogen) atoms. The molecule has 4 nitrogen and oxygen atoms in total. The van der Waals surface area contributed by atoms with Gasteiger partial charge in [0, 0.05) is 19.1 Å². The van der Waals surface area contributed by atoms with Gasteiger partial charge in [-0.05, 0) is 11.8 Å². The van der Waals surface area contributed by atoms with Crippen LogP contribution in [0, 0.1) is 11.8 Å². The molecule has 1 aliphatic carbocycles. The van der Waals surface area contributed by atoms with Crippen LogP contribution in [-0.2, 0) is 0 Å². The van der Waals surface area contributed by atoms with Gasteiger partial charge in [0.15, 0.2) is 0 Å². The first kappa shape index (κ1) is 5.97. The van der Waals surface area contributed by atoms with Gasteiger partial charge >= 0.3 is 6.09 Å². The molecule has 3 N–H and O–H groups in total. The maximum Gasteiger partial charge on any atom is 0.404 e. The Labute approximate surface area is 58.6 Å². The average Bonchev–Trinajstić information content (AvgIpc) is 2.40. The molecule has 56 valence electrons. The largest absolute Gasteiger partial charge is 0.465 e. The van der Waals surface area contributed by atoms with E-state index in [0.717, 1.165) is 13.1 Å². The van der Waals surface area contributed by atoms with Crippen molar-refractivity contribution in [3.63, 3.8) is 0 Å². The Morgan fingerprint density at radius 1 is 1.50 bits per heavy atom. The van der Waals surface area contributed by atoms with E-state index in [1.165, 1.54) is 0 Å². The van der Waals surface area contributed by atoms with Gasteiger partial charge in [0.1, 0.15) is 0 Å². The standard InChI is InChI=1S/C6H10N2O2/c9-6(10)8-5-3-1-7-2-4(3)5/h3-5,7-8H,1-2H2,(H,9,10)/t3-,4+,5+. The highest BCUT2D eigenvalue weighted by Crippen LogP contribution is 2.41. The molecule has 1 saturated heterocycles. The van der Waals surface area contributed by atoms with Gasteiger partial charge in [0.2, 0.25) is 0 Å². The van der Waals surface area contributed by atoms with Gasteiger partial charge in [0.25, 0.3) is 0 Å². The highest BCUT2D eigenvalue weighted by atomic mass is 16.4. The second-order valence-corrected chi connectivity index (χ2v) is 2.96. The molecule has 2 rings (SSSR count). The minimum atomic E-state index is -0.889. The van der Waals surface area contributed by atoms with Crippen LogP contribution in [0.25, 0.3) is 0 Å². The lowest BCUT2D eigenvalue weighted by molar-refractivity contribution is 0.192. The zero-order valence-electron chi connectivity index (χ0n) is 5.50. The first-order valence-electron chi connectivity index (χ1n) is 3.49. The number of nitrogens with one attached hydrogen (secondary N) is 2. The predicted molar refractivity (Wildman–Crippen MR) is 34.8 cm³/mol. The zero-order chi connectivity index (χ0) is 7.14. The summed E-state index contributed by atoms with van der Waals surface area (Å²) in [5.74, 6) is 1.16. The van der Waals surface area contributed by atoms with Crippen molar-refractivity contribution in [2.24, 2.45) is 11.8 Å². The maximum atomic E-state index is 10.1. The SMILES string of the molecule is O=C(O)N[C@H]1[C@@H]2CNC[C@@H]21. The van der Waals surface area contributed by atoms with Crippen molar-refractivity contribution >= 4 is 6.09 Å². The summed E-state index contributed by atoms with van der Waals surface area (Å²) in [7, 11) is 0. The third-order valence-corrected chi connectivity index (χ3v) is 2.38. The second-order valence-electron chi connectivity index (χ2n) is 2.96. The van der Waals surface area contributed by atoms with Crippen molar-refractivity contribution in [3.05, 3.63) is 0 Å². The lowest BCUT2D eigenvalue weighted by Crippen LogP contribution is -2.31. The molecule has 1 aliphatic heterocycles. The van der Waals surface area contributed by atoms with Crippen LogP contribution in [0.5, 0.6) is 0 Å². The van der Waals surface area contributed by atoms with Gasteiger partial charge in [-0.25, -0.2) is 4.79 Å². The Balaban J connectivity index is 1.84. The summed E-state index contributed by atoms with van der Waals surface area (Å²) in [6, 6.07) is 0.249. The van der Waals surface area contributed by atoms with Gasteiger partial charge in [-0.1, -0.05) is 0 Å². The van der Waals surface area contributed by atoms with Crippen molar-refractivity contribution in [3.8, 4) is 0 Å². The Morgan fingerprint density at radius 3 is 2.60 bits per heavy atom. The summed E-state index contributed by atoms with van der Waals surface area (Å²) in [4.78, 5) is 10.1. The molecule has 0 radical (unpaired) electrons. The van der Waals surface area contributed by atoms with E-state index in [1.54, 1.807) is 0 Å². The number of hydrogen-bond acceptors (Lipinski definition) is 2. The molecule has 3 atom stereocenters. The van der Waals surface area contributed by atoms with E-state index in [0.29, 0.717) is 11.8 Å². The molecule has 2 aliphatic rings. The van der Waals surface area contributed by atoms with Gasteiger partial charge in [-0.2, -0.15) is 0 Å². The molecule has 4 heteroatoms. The molecule has 0 aromatic rings. The number of carbonyl (C=O) groups is 1. The van der Waals surface area contributed by atoms with E-state index in [9.17, 15) is 4.79 Å². The van der Waals surface area contributed by atoms with E-state index < -0.39 is 6.09 Å². The van der Waals surface area contributed by atoms with Crippen LogP contribution in [-0.4, -0.2) is 30.3 Å². The molecule has 0 bridgehead atoms. The lowest BCUT2D eigenvalue weighted by Gasteiger charge is -2.02. The number of piperidine rings is 1. The summed E-state index contributed by atoms with van der Waals surface area (Å²) >= 11 is 0. The Hall–Kier alpha value is -0.770. The smallest absolute Gasteiger partial charge is 0.404 e. The van der Waals surface area contributed by atoms with Gasteiger partial charge in [-0.3, -0.25) is 0 Å². The predicted octanol–water partition coefficient (Wildman–Crippen LogP) is -0.528. The zero-order valence-corrected chi connectivity index (χ0v) is 5.50. The van der Waals surface area contributed by atoms with E-state index >= 15 is 0 Å². The highest BCUT2D eigenvalue weighted by molar-refractivity contribution is 5.65.